The second-order valence-corrected chi connectivity index (χ2v) is 7.90. The van der Waals surface area contributed by atoms with Gasteiger partial charge in [-0.15, -0.1) is 0 Å². The summed E-state index contributed by atoms with van der Waals surface area (Å²) in [7, 11) is 0. The predicted molar refractivity (Wildman–Crippen MR) is 112 cm³/mol. The lowest BCUT2D eigenvalue weighted by Crippen LogP contribution is -2.30. The Balaban J connectivity index is 2.37. The molecule has 0 heterocycles. The third kappa shape index (κ3) is 4.24. The highest BCUT2D eigenvalue weighted by Crippen LogP contribution is 2.31. The molecule has 2 heteroatoms. The van der Waals surface area contributed by atoms with Crippen molar-refractivity contribution in [2.45, 2.75) is 47.6 Å². The molecule has 2 aromatic carbocycles. The van der Waals surface area contributed by atoms with E-state index in [4.69, 9.17) is 4.74 Å². The molecule has 0 aliphatic carbocycles. The molecule has 2 unspecified atom stereocenters. The van der Waals surface area contributed by atoms with Crippen LogP contribution in [0.3, 0.4) is 0 Å². The molecule has 2 atom stereocenters. The van der Waals surface area contributed by atoms with Gasteiger partial charge in [0.05, 0.1) is 5.92 Å². The van der Waals surface area contributed by atoms with Crippen LogP contribution in [0, 0.1) is 11.3 Å². The van der Waals surface area contributed by atoms with Crippen molar-refractivity contribution in [1.82, 2.24) is 0 Å². The molecule has 0 spiro atoms. The number of allylic oxidation sites excluding steroid dienone is 1. The molecule has 0 N–H and O–H groups in total. The fourth-order valence-electron chi connectivity index (χ4n) is 2.98. The lowest BCUT2D eigenvalue weighted by Gasteiger charge is -2.28. The van der Waals surface area contributed by atoms with Crippen LogP contribution in [0.5, 0.6) is 0 Å². The molecule has 0 saturated carbocycles. The Morgan fingerprint density at radius 3 is 2.19 bits per heavy atom. The molecule has 0 saturated heterocycles. The summed E-state index contributed by atoms with van der Waals surface area (Å²) in [6, 6.07) is 12.5. The van der Waals surface area contributed by atoms with Gasteiger partial charge < -0.3 is 4.74 Å². The molecule has 0 radical (unpaired) electrons. The molecule has 2 nitrogen and oxygen atoms in total. The normalized spacial score (nSPS) is 14.8. The van der Waals surface area contributed by atoms with Crippen molar-refractivity contribution in [1.29, 1.82) is 0 Å². The predicted octanol–water partition coefficient (Wildman–Crippen LogP) is 6.50. The van der Waals surface area contributed by atoms with E-state index in [0.717, 1.165) is 22.1 Å². The molecule has 2 rings (SSSR count). The van der Waals surface area contributed by atoms with E-state index >= 15 is 0 Å². The van der Waals surface area contributed by atoms with Gasteiger partial charge in [-0.05, 0) is 58.9 Å². The van der Waals surface area contributed by atoms with Crippen LogP contribution in [0.1, 0.15) is 52.7 Å². The Morgan fingerprint density at radius 2 is 1.69 bits per heavy atom. The molecule has 0 bridgehead atoms. The SMILES string of the molecule is C=Cc1cc2ccccc2cc1/C(=C\C)C(C)OC(=O)C(C)C(C)(C)C. The summed E-state index contributed by atoms with van der Waals surface area (Å²) in [4.78, 5) is 12.5. The molecule has 2 aromatic rings. The van der Waals surface area contributed by atoms with E-state index in [2.05, 4.69) is 51.6 Å². The van der Waals surface area contributed by atoms with Crippen LogP contribution in [0.15, 0.2) is 49.1 Å². The van der Waals surface area contributed by atoms with Crippen molar-refractivity contribution >= 4 is 28.4 Å². The summed E-state index contributed by atoms with van der Waals surface area (Å²) in [5.41, 5.74) is 2.98. The van der Waals surface area contributed by atoms with Crippen LogP contribution < -0.4 is 0 Å². The van der Waals surface area contributed by atoms with E-state index in [1.54, 1.807) is 0 Å². The van der Waals surface area contributed by atoms with Gasteiger partial charge in [0.1, 0.15) is 6.10 Å². The molecular weight excluding hydrogens is 320 g/mol. The van der Waals surface area contributed by atoms with Crippen molar-refractivity contribution in [3.05, 3.63) is 60.2 Å². The second kappa shape index (κ2) is 7.90. The Labute approximate surface area is 157 Å². The van der Waals surface area contributed by atoms with Crippen LogP contribution in [-0.2, 0) is 9.53 Å². The molecule has 0 aliphatic heterocycles. The Hall–Kier alpha value is -2.35. The van der Waals surface area contributed by atoms with E-state index < -0.39 is 0 Å². The molecule has 26 heavy (non-hydrogen) atoms. The number of benzene rings is 2. The van der Waals surface area contributed by atoms with Gasteiger partial charge in [0.2, 0.25) is 0 Å². The minimum absolute atomic E-state index is 0.123. The maximum atomic E-state index is 12.5. The zero-order valence-electron chi connectivity index (χ0n) is 16.8. The van der Waals surface area contributed by atoms with Gasteiger partial charge in [0, 0.05) is 0 Å². The first-order chi connectivity index (χ1) is 12.2. The van der Waals surface area contributed by atoms with Gasteiger partial charge in [0.15, 0.2) is 0 Å². The molecule has 0 amide bonds. The van der Waals surface area contributed by atoms with Gasteiger partial charge >= 0.3 is 5.97 Å². The first-order valence-corrected chi connectivity index (χ1v) is 9.21. The van der Waals surface area contributed by atoms with Crippen LogP contribution in [0.2, 0.25) is 0 Å². The van der Waals surface area contributed by atoms with Gasteiger partial charge in [-0.2, -0.15) is 0 Å². The number of ether oxygens (including phenoxy) is 1. The minimum atomic E-state index is -0.322. The van der Waals surface area contributed by atoms with Crippen LogP contribution in [-0.4, -0.2) is 12.1 Å². The zero-order valence-corrected chi connectivity index (χ0v) is 16.8. The van der Waals surface area contributed by atoms with Gasteiger partial charge in [0.25, 0.3) is 0 Å². The van der Waals surface area contributed by atoms with Crippen molar-refractivity contribution < 1.29 is 9.53 Å². The van der Waals surface area contributed by atoms with Gasteiger partial charge in [-0.1, -0.05) is 70.7 Å². The van der Waals surface area contributed by atoms with E-state index in [9.17, 15) is 4.79 Å². The molecular formula is C24H30O2. The molecule has 0 aromatic heterocycles. The Kier molecular flexibility index (Phi) is 6.07. The van der Waals surface area contributed by atoms with Crippen molar-refractivity contribution in [2.75, 3.05) is 0 Å². The average molecular weight is 351 g/mol. The fourth-order valence-corrected chi connectivity index (χ4v) is 2.98. The summed E-state index contributed by atoms with van der Waals surface area (Å²) in [6.07, 6.45) is 3.56. The maximum absolute atomic E-state index is 12.5. The van der Waals surface area contributed by atoms with Crippen LogP contribution in [0.4, 0.5) is 0 Å². The topological polar surface area (TPSA) is 26.3 Å². The fraction of sp³-hybridized carbons (Fsp3) is 0.375. The lowest BCUT2D eigenvalue weighted by atomic mass is 9.82. The average Bonchev–Trinajstić information content (AvgIpc) is 2.60. The number of hydrogen-bond acceptors (Lipinski definition) is 2. The summed E-state index contributed by atoms with van der Waals surface area (Å²) < 4.78 is 5.82. The monoisotopic (exact) mass is 350 g/mol. The highest BCUT2D eigenvalue weighted by atomic mass is 16.5. The standard InChI is InChI=1S/C24H30O2/c1-8-18-14-19-12-10-11-13-20(19)15-22(18)21(9-2)17(4)26-23(25)16(3)24(5,6)7/h8-17H,1H2,2-7H3/b21-9-. The van der Waals surface area contributed by atoms with Crippen molar-refractivity contribution in [2.24, 2.45) is 11.3 Å². The van der Waals surface area contributed by atoms with Gasteiger partial charge in [-0.3, -0.25) is 4.79 Å². The third-order valence-corrected chi connectivity index (χ3v) is 5.14. The molecule has 0 aliphatic rings. The summed E-state index contributed by atoms with van der Waals surface area (Å²) in [6.45, 7) is 16.0. The van der Waals surface area contributed by atoms with Crippen molar-refractivity contribution in [3.8, 4) is 0 Å². The van der Waals surface area contributed by atoms with E-state index in [-0.39, 0.29) is 23.4 Å². The maximum Gasteiger partial charge on any atom is 0.309 e. The van der Waals surface area contributed by atoms with E-state index in [1.807, 2.05) is 45.1 Å². The first-order valence-electron chi connectivity index (χ1n) is 9.21. The Morgan fingerprint density at radius 1 is 1.12 bits per heavy atom. The molecule has 138 valence electrons. The number of carbonyl (C=O) groups excluding carboxylic acids is 1. The summed E-state index contributed by atoms with van der Waals surface area (Å²) in [5, 5.41) is 2.33. The Bertz CT molecular complexity index is 837. The lowest BCUT2D eigenvalue weighted by molar-refractivity contribution is -0.153. The zero-order chi connectivity index (χ0) is 19.5. The number of fused-ring (bicyclic) bond motifs is 1. The third-order valence-electron chi connectivity index (χ3n) is 5.14. The van der Waals surface area contributed by atoms with Crippen LogP contribution in [0.25, 0.3) is 22.4 Å². The number of hydrogen-bond donors (Lipinski definition) is 0. The largest absolute Gasteiger partial charge is 0.458 e. The molecule has 0 fully saturated rings. The summed E-state index contributed by atoms with van der Waals surface area (Å²) in [5.74, 6) is -0.330. The highest BCUT2D eigenvalue weighted by Gasteiger charge is 2.30. The van der Waals surface area contributed by atoms with Crippen LogP contribution >= 0.6 is 0 Å². The second-order valence-electron chi connectivity index (χ2n) is 7.90. The quantitative estimate of drug-likeness (QED) is 0.575. The first kappa shape index (κ1) is 20.0. The van der Waals surface area contributed by atoms with E-state index in [0.29, 0.717) is 0 Å². The minimum Gasteiger partial charge on any atom is -0.458 e. The van der Waals surface area contributed by atoms with Crippen molar-refractivity contribution in [3.63, 3.8) is 0 Å². The smallest absolute Gasteiger partial charge is 0.309 e. The van der Waals surface area contributed by atoms with Gasteiger partial charge in [-0.25, -0.2) is 0 Å². The van der Waals surface area contributed by atoms with E-state index in [1.165, 1.54) is 5.39 Å². The summed E-state index contributed by atoms with van der Waals surface area (Å²) >= 11 is 0. The number of esters is 1. The number of carbonyl (C=O) groups is 1. The number of rotatable bonds is 5. The highest BCUT2D eigenvalue weighted by molar-refractivity contribution is 5.91.